The molecule has 0 saturated heterocycles. The van der Waals surface area contributed by atoms with Crippen LogP contribution in [0.5, 0.6) is 0 Å². The first-order valence-corrected chi connectivity index (χ1v) is 34.3. The first-order valence-electron chi connectivity index (χ1n) is 22.2. The summed E-state index contributed by atoms with van der Waals surface area (Å²) in [5.74, 6) is 0. The average molecular weight is 1120 g/mol. The van der Waals surface area contributed by atoms with Gasteiger partial charge in [-0.15, -0.1) is 0 Å². The summed E-state index contributed by atoms with van der Waals surface area (Å²) in [6.07, 6.45) is 0. The summed E-state index contributed by atoms with van der Waals surface area (Å²) >= 11 is 0. The molecule has 0 atom stereocenters. The Morgan fingerprint density at radius 2 is 0.338 bits per heavy atom. The van der Waals surface area contributed by atoms with Gasteiger partial charge in [0.2, 0.25) is 0 Å². The van der Waals surface area contributed by atoms with Gasteiger partial charge in [0.25, 0.3) is 0 Å². The van der Waals surface area contributed by atoms with Crippen LogP contribution in [-0.4, -0.2) is 338 Å². The van der Waals surface area contributed by atoms with Gasteiger partial charge in [-0.1, -0.05) is 0 Å². The second-order valence-electron chi connectivity index (χ2n) is 20.4. The minimum absolute atomic E-state index is 1.92. The third kappa shape index (κ3) is 10.3. The number of hydrogen-bond acceptors (Lipinski definition) is 16. The van der Waals surface area contributed by atoms with Gasteiger partial charge < -0.3 is 0 Å². The molecule has 0 saturated carbocycles. The number of nitrogens with zero attached hydrogens (tertiary/aromatic N) is 21. The Morgan fingerprint density at radius 3 is 0.412 bits per heavy atom. The van der Waals surface area contributed by atoms with Gasteiger partial charge in [-0.2, -0.15) is 0 Å². The monoisotopic (exact) mass is 1120 g/mol. The van der Waals surface area contributed by atoms with E-state index in [-0.39, 0.29) is 0 Å². The van der Waals surface area contributed by atoms with Crippen LogP contribution in [0.4, 0.5) is 0 Å². The molecule has 0 rings (SSSR count). The second kappa shape index (κ2) is 23.3. The van der Waals surface area contributed by atoms with Crippen molar-refractivity contribution >= 4 is 52.6 Å². The zero-order valence-electron chi connectivity index (χ0n) is 50.2. The van der Waals surface area contributed by atoms with Crippen molar-refractivity contribution in [3.63, 3.8) is 0 Å². The Morgan fingerprint density at radius 1 is 0.235 bits per heavy atom. The van der Waals surface area contributed by atoms with Crippen LogP contribution in [-0.2, 0) is 17.5 Å². The van der Waals surface area contributed by atoms with E-state index in [0.29, 0.717) is 0 Å². The standard InChI is InChI=1S/C36H108N21O4P7/c1-40(2)62(41(3)4,42(5)6)37-66(49(19)20,50(21)22,51(23)24)59-65(58,60-67(52(25)26,53(27)28,54(29)30)38-63(43(7)8,44(9)10)45(11)12)61-68(55(31)32,56(33)34,57(35)36)39-64(46(13)14,47(15)16)48(17)18/h1-36H3. The minimum atomic E-state index is -5.39. The molecule has 0 aliphatic rings. The van der Waals surface area contributed by atoms with E-state index in [2.05, 4.69) is 42.0 Å². The van der Waals surface area contributed by atoms with Crippen LogP contribution in [0.15, 0.2) is 13.5 Å². The van der Waals surface area contributed by atoms with Gasteiger partial charge in [-0.05, 0) is 0 Å². The molecule has 0 bridgehead atoms. The molecule has 0 aliphatic heterocycles. The molecule has 0 fully saturated rings. The molecule has 0 aliphatic carbocycles. The first-order chi connectivity index (χ1) is 30.2. The fraction of sp³-hybridized carbons (Fsp3) is 1.00. The van der Waals surface area contributed by atoms with Gasteiger partial charge in [0.1, 0.15) is 0 Å². The van der Waals surface area contributed by atoms with Crippen LogP contribution in [0.25, 0.3) is 0 Å². The Hall–Kier alpha value is 1.37. The molecule has 0 aromatic heterocycles. The van der Waals surface area contributed by atoms with Crippen molar-refractivity contribution in [1.29, 1.82) is 0 Å². The molecule has 0 aromatic carbocycles. The summed E-state index contributed by atoms with van der Waals surface area (Å²) in [7, 11) is 41.7. The summed E-state index contributed by atoms with van der Waals surface area (Å²) in [4.78, 5) is 0. The van der Waals surface area contributed by atoms with Gasteiger partial charge in [0, 0.05) is 0 Å². The molecule has 0 unspecified atom stereocenters. The zero-order valence-corrected chi connectivity index (χ0v) is 56.4. The van der Waals surface area contributed by atoms with Crippen molar-refractivity contribution in [2.75, 3.05) is 254 Å². The SMILES string of the molecule is CN(C)P(=NP(OP(=O)(OP(N=P(N(C)C)(N(C)C)N(C)C)(N(C)C)(N(C)C)N(C)C)OP(N=P(N(C)C)(N(C)C)N(C)C)(N(C)C)(N(C)C)N(C)C)(N(C)C)(N(C)C)N(C)C)(N(C)C)N(C)C. The molecule has 0 spiro atoms. The van der Waals surface area contributed by atoms with Crippen molar-refractivity contribution < 1.29 is 17.5 Å². The molecule has 0 heterocycles. The van der Waals surface area contributed by atoms with Crippen molar-refractivity contribution in [3.8, 4) is 0 Å². The average Bonchev–Trinajstić information content (AvgIpc) is 3.14. The summed E-state index contributed by atoms with van der Waals surface area (Å²) in [5.41, 5.74) is 0. The zero-order chi connectivity index (χ0) is 55.0. The molecular formula is C36H108N21O4P7. The van der Waals surface area contributed by atoms with E-state index in [1.165, 1.54) is 0 Å². The van der Waals surface area contributed by atoms with Gasteiger partial charge in [0.15, 0.2) is 0 Å². The van der Waals surface area contributed by atoms with Crippen molar-refractivity contribution in [2.24, 2.45) is 13.5 Å². The molecule has 0 radical (unpaired) electrons. The quantitative estimate of drug-likeness (QED) is 0.0829. The number of phosphoric acid groups is 1. The van der Waals surface area contributed by atoms with E-state index in [4.69, 9.17) is 26.5 Å². The summed E-state index contributed by atoms with van der Waals surface area (Å²) in [6.45, 7) is 0. The van der Waals surface area contributed by atoms with Crippen LogP contribution in [0.2, 0.25) is 0 Å². The van der Waals surface area contributed by atoms with E-state index in [1.54, 1.807) is 0 Å². The summed E-state index contributed by atoms with van der Waals surface area (Å²) in [5, 5.41) is 0. The van der Waals surface area contributed by atoms with Crippen LogP contribution < -0.4 is 0 Å². The van der Waals surface area contributed by atoms with Crippen molar-refractivity contribution in [2.45, 2.75) is 0 Å². The normalized spacial score (nSPS) is 17.6. The van der Waals surface area contributed by atoms with Crippen molar-refractivity contribution in [3.05, 3.63) is 0 Å². The van der Waals surface area contributed by atoms with Gasteiger partial charge in [-0.3, -0.25) is 0 Å². The topological polar surface area (TPSA) is 140 Å². The Balaban J connectivity index is 11.4. The molecular weight excluding hydrogens is 1010 g/mol. The van der Waals surface area contributed by atoms with Crippen molar-refractivity contribution in [1.82, 2.24) is 84.1 Å². The molecule has 25 nitrogen and oxygen atoms in total. The van der Waals surface area contributed by atoms with E-state index in [0.717, 1.165) is 0 Å². The molecule has 32 heteroatoms. The van der Waals surface area contributed by atoms with Crippen LogP contribution in [0.1, 0.15) is 0 Å². The summed E-state index contributed by atoms with van der Waals surface area (Å²) in [6, 6.07) is 0. The second-order valence-corrected chi connectivity index (χ2v) is 48.2. The Kier molecular flexibility index (Phi) is 23.8. The predicted octanol–water partition coefficient (Wildman–Crippen LogP) is 6.48. The Bertz CT molecular complexity index is 1540. The predicted molar refractivity (Wildman–Crippen MR) is 306 cm³/mol. The fourth-order valence-corrected chi connectivity index (χ4v) is 51.2. The molecule has 0 N–H and O–H groups in total. The first kappa shape index (κ1) is 69.4. The maximum absolute atomic E-state index is 18.5. The van der Waals surface area contributed by atoms with Gasteiger partial charge >= 0.3 is 421 Å². The maximum atomic E-state index is 18.5. The molecule has 0 aromatic rings. The van der Waals surface area contributed by atoms with Gasteiger partial charge in [0.05, 0.1) is 0 Å². The Labute approximate surface area is 419 Å². The third-order valence-corrected chi connectivity index (χ3v) is 47.5. The molecule has 416 valence electrons. The molecule has 0 amide bonds. The van der Waals surface area contributed by atoms with Gasteiger partial charge in [-0.25, -0.2) is 0 Å². The van der Waals surface area contributed by atoms with E-state index < -0.39 is 52.6 Å². The third-order valence-electron chi connectivity index (χ3n) is 12.7. The summed E-state index contributed by atoms with van der Waals surface area (Å²) < 4.78 is 98.0. The fourth-order valence-electron chi connectivity index (χ4n) is 9.80. The molecule has 68 heavy (non-hydrogen) atoms. The van der Waals surface area contributed by atoms with E-state index in [1.807, 2.05) is 296 Å². The number of rotatable bonds is 27. The van der Waals surface area contributed by atoms with Crippen LogP contribution in [0, 0.1) is 0 Å². The number of hydrogen-bond donors (Lipinski definition) is 0. The van der Waals surface area contributed by atoms with Crippen LogP contribution in [0.3, 0.4) is 0 Å². The van der Waals surface area contributed by atoms with Crippen LogP contribution >= 0.6 is 52.6 Å². The van der Waals surface area contributed by atoms with E-state index in [9.17, 15) is 0 Å². The van der Waals surface area contributed by atoms with E-state index >= 15 is 4.57 Å².